The molecule has 0 saturated carbocycles. The highest BCUT2D eigenvalue weighted by Crippen LogP contribution is 2.33. The van der Waals surface area contributed by atoms with Crippen molar-refractivity contribution in [1.82, 2.24) is 9.47 Å². The third-order valence-electron chi connectivity index (χ3n) is 5.57. The van der Waals surface area contributed by atoms with Crippen molar-refractivity contribution in [1.29, 1.82) is 0 Å². The van der Waals surface area contributed by atoms with Crippen LogP contribution in [0.4, 0.5) is 4.39 Å². The van der Waals surface area contributed by atoms with Crippen molar-refractivity contribution in [3.63, 3.8) is 0 Å². The summed E-state index contributed by atoms with van der Waals surface area (Å²) >= 11 is 0. The van der Waals surface area contributed by atoms with Gasteiger partial charge in [0.1, 0.15) is 5.82 Å². The third-order valence-corrected chi connectivity index (χ3v) is 5.57. The first-order valence-electron chi connectivity index (χ1n) is 9.85. The summed E-state index contributed by atoms with van der Waals surface area (Å²) in [5, 5.41) is 0. The lowest BCUT2D eigenvalue weighted by atomic mass is 9.96. The second-order valence-corrected chi connectivity index (χ2v) is 7.80. The largest absolute Gasteiger partial charge is 0.350 e. The Morgan fingerprint density at radius 2 is 1.70 bits per heavy atom. The number of halogens is 1. The average Bonchev–Trinajstić information content (AvgIpc) is 3.05. The van der Waals surface area contributed by atoms with Gasteiger partial charge in [-0.15, -0.1) is 0 Å². The van der Waals surface area contributed by atoms with Crippen molar-refractivity contribution in [3.8, 4) is 0 Å². The molecule has 140 valence electrons. The molecular formula is C24H27FN2. The van der Waals surface area contributed by atoms with E-state index in [0.29, 0.717) is 5.92 Å². The van der Waals surface area contributed by atoms with Crippen LogP contribution in [0.15, 0.2) is 66.9 Å². The fourth-order valence-corrected chi connectivity index (χ4v) is 4.08. The van der Waals surface area contributed by atoms with Crippen LogP contribution in [0.2, 0.25) is 0 Å². The van der Waals surface area contributed by atoms with E-state index in [0.717, 1.165) is 31.6 Å². The summed E-state index contributed by atoms with van der Waals surface area (Å²) in [6, 6.07) is 20.6. The van der Waals surface area contributed by atoms with Gasteiger partial charge in [-0.2, -0.15) is 0 Å². The molecule has 0 aliphatic carbocycles. The predicted octanol–water partition coefficient (Wildman–Crippen LogP) is 5.75. The van der Waals surface area contributed by atoms with E-state index in [-0.39, 0.29) is 11.9 Å². The van der Waals surface area contributed by atoms with Gasteiger partial charge in [0.25, 0.3) is 0 Å². The van der Waals surface area contributed by atoms with Crippen LogP contribution in [0.5, 0.6) is 0 Å². The molecule has 0 radical (unpaired) electrons. The van der Waals surface area contributed by atoms with Gasteiger partial charge in [0.05, 0.1) is 6.04 Å². The first-order chi connectivity index (χ1) is 13.1. The Bertz CT molecular complexity index is 878. The Hall–Kier alpha value is -2.39. The van der Waals surface area contributed by atoms with E-state index in [1.807, 2.05) is 12.1 Å². The molecule has 0 fully saturated rings. The molecule has 2 nitrogen and oxygen atoms in total. The van der Waals surface area contributed by atoms with Gasteiger partial charge >= 0.3 is 0 Å². The summed E-state index contributed by atoms with van der Waals surface area (Å²) in [5.41, 5.74) is 5.18. The molecular weight excluding hydrogens is 335 g/mol. The molecule has 0 saturated heterocycles. The maximum absolute atomic E-state index is 13.3. The zero-order chi connectivity index (χ0) is 18.8. The molecule has 1 aliphatic heterocycles. The number of hydrogen-bond acceptors (Lipinski definition) is 1. The second kappa shape index (κ2) is 7.69. The van der Waals surface area contributed by atoms with Crippen molar-refractivity contribution in [3.05, 3.63) is 95.1 Å². The van der Waals surface area contributed by atoms with Crippen LogP contribution >= 0.6 is 0 Å². The minimum absolute atomic E-state index is 0.177. The Labute approximate surface area is 161 Å². The molecule has 1 aliphatic rings. The molecule has 1 atom stereocenters. The first kappa shape index (κ1) is 18.0. The van der Waals surface area contributed by atoms with Gasteiger partial charge in [-0.1, -0.05) is 50.2 Å². The normalized spacial score (nSPS) is 17.7. The van der Waals surface area contributed by atoms with Crippen molar-refractivity contribution < 1.29 is 4.39 Å². The highest BCUT2D eigenvalue weighted by atomic mass is 19.1. The Balaban J connectivity index is 1.70. The summed E-state index contributed by atoms with van der Waals surface area (Å²) in [5.74, 6) is 0.358. The molecule has 1 aromatic heterocycles. The average molecular weight is 362 g/mol. The summed E-state index contributed by atoms with van der Waals surface area (Å²) < 4.78 is 15.7. The van der Waals surface area contributed by atoms with E-state index in [1.165, 1.54) is 16.8 Å². The maximum atomic E-state index is 13.3. The summed E-state index contributed by atoms with van der Waals surface area (Å²) in [6.45, 7) is 7.35. The Morgan fingerprint density at radius 3 is 2.41 bits per heavy atom. The Kier molecular flexibility index (Phi) is 5.13. The molecule has 3 aromatic rings. The van der Waals surface area contributed by atoms with Crippen LogP contribution in [0.3, 0.4) is 0 Å². The van der Waals surface area contributed by atoms with Crippen LogP contribution in [0.1, 0.15) is 54.6 Å². The molecule has 2 aromatic carbocycles. The van der Waals surface area contributed by atoms with Gasteiger partial charge in [-0.3, -0.25) is 4.90 Å². The topological polar surface area (TPSA) is 8.17 Å². The standard InChI is InChI=1S/C24H27FN2/c1-18(2)20-8-10-21(11-9-20)24-23-5-3-14-26(23)15-4-16-27(24)17-19-6-12-22(25)13-7-19/h3,5-14,18,24H,4,15-17H2,1-2H3/t24-/m0/s1. The number of aryl methyl sites for hydroxylation is 1. The summed E-state index contributed by atoms with van der Waals surface area (Å²) in [4.78, 5) is 2.52. The van der Waals surface area contributed by atoms with Crippen LogP contribution < -0.4 is 0 Å². The number of hydrogen-bond donors (Lipinski definition) is 0. The molecule has 27 heavy (non-hydrogen) atoms. The summed E-state index contributed by atoms with van der Waals surface area (Å²) in [7, 11) is 0. The van der Waals surface area contributed by atoms with E-state index < -0.39 is 0 Å². The van der Waals surface area contributed by atoms with Gasteiger partial charge in [0, 0.05) is 31.5 Å². The zero-order valence-electron chi connectivity index (χ0n) is 16.1. The van der Waals surface area contributed by atoms with Crippen LogP contribution in [0, 0.1) is 5.82 Å². The van der Waals surface area contributed by atoms with Crippen molar-refractivity contribution in [2.24, 2.45) is 0 Å². The molecule has 2 heterocycles. The minimum Gasteiger partial charge on any atom is -0.350 e. The number of fused-ring (bicyclic) bond motifs is 1. The van der Waals surface area contributed by atoms with Gasteiger partial charge in [-0.05, 0) is 53.3 Å². The smallest absolute Gasteiger partial charge is 0.123 e. The van der Waals surface area contributed by atoms with Crippen molar-refractivity contribution >= 4 is 0 Å². The molecule has 0 bridgehead atoms. The van der Waals surface area contributed by atoms with Crippen LogP contribution in [-0.4, -0.2) is 16.0 Å². The fraction of sp³-hybridized carbons (Fsp3) is 0.333. The number of rotatable bonds is 4. The first-order valence-corrected chi connectivity index (χ1v) is 9.85. The SMILES string of the molecule is CC(C)c1ccc([C@H]2c3cccn3CCCN2Cc2ccc(F)cc2)cc1. The number of aromatic nitrogens is 1. The molecule has 3 heteroatoms. The van der Waals surface area contributed by atoms with Crippen LogP contribution in [-0.2, 0) is 13.1 Å². The number of nitrogens with zero attached hydrogens (tertiary/aromatic N) is 2. The van der Waals surface area contributed by atoms with E-state index in [1.54, 1.807) is 12.1 Å². The van der Waals surface area contributed by atoms with E-state index in [4.69, 9.17) is 0 Å². The lowest BCUT2D eigenvalue weighted by Gasteiger charge is -2.31. The molecule has 0 N–H and O–H groups in total. The number of benzene rings is 2. The third kappa shape index (κ3) is 3.84. The second-order valence-electron chi connectivity index (χ2n) is 7.80. The molecule has 0 amide bonds. The lowest BCUT2D eigenvalue weighted by molar-refractivity contribution is 0.220. The van der Waals surface area contributed by atoms with Gasteiger partial charge in [0.2, 0.25) is 0 Å². The zero-order valence-corrected chi connectivity index (χ0v) is 16.1. The predicted molar refractivity (Wildman–Crippen MR) is 108 cm³/mol. The summed E-state index contributed by atoms with van der Waals surface area (Å²) in [6.07, 6.45) is 3.30. The van der Waals surface area contributed by atoms with Gasteiger partial charge in [0.15, 0.2) is 0 Å². The quantitative estimate of drug-likeness (QED) is 0.574. The molecule has 0 unspecified atom stereocenters. The highest BCUT2D eigenvalue weighted by Gasteiger charge is 2.27. The van der Waals surface area contributed by atoms with Gasteiger partial charge < -0.3 is 4.57 Å². The molecule has 0 spiro atoms. The van der Waals surface area contributed by atoms with Crippen LogP contribution in [0.25, 0.3) is 0 Å². The van der Waals surface area contributed by atoms with E-state index in [2.05, 4.69) is 65.9 Å². The van der Waals surface area contributed by atoms with Gasteiger partial charge in [-0.25, -0.2) is 4.39 Å². The monoisotopic (exact) mass is 362 g/mol. The highest BCUT2D eigenvalue weighted by molar-refractivity contribution is 5.33. The maximum Gasteiger partial charge on any atom is 0.123 e. The van der Waals surface area contributed by atoms with E-state index >= 15 is 0 Å². The van der Waals surface area contributed by atoms with Crippen molar-refractivity contribution in [2.75, 3.05) is 6.54 Å². The minimum atomic E-state index is -0.177. The van der Waals surface area contributed by atoms with E-state index in [9.17, 15) is 4.39 Å². The fourth-order valence-electron chi connectivity index (χ4n) is 4.08. The molecule has 4 rings (SSSR count). The Morgan fingerprint density at radius 1 is 0.963 bits per heavy atom. The van der Waals surface area contributed by atoms with Crippen molar-refractivity contribution in [2.45, 2.75) is 45.3 Å². The lowest BCUT2D eigenvalue weighted by Crippen LogP contribution is -2.29.